The number of pyridine rings is 1. The molecule has 0 aliphatic heterocycles. The summed E-state index contributed by atoms with van der Waals surface area (Å²) in [6, 6.07) is 29.7. The van der Waals surface area contributed by atoms with Crippen LogP contribution in [-0.2, 0) is 32.1 Å². The number of anilines is 1. The number of hydrogen-bond acceptors (Lipinski definition) is 6. The Morgan fingerprint density at radius 1 is 0.683 bits per heavy atom. The molecule has 0 saturated carbocycles. The molecule has 60 heavy (non-hydrogen) atoms. The first kappa shape index (κ1) is 41.2. The van der Waals surface area contributed by atoms with Crippen LogP contribution in [0.2, 0.25) is 5.02 Å². The lowest BCUT2D eigenvalue weighted by Gasteiger charge is -2.15. The van der Waals surface area contributed by atoms with E-state index in [0.29, 0.717) is 46.5 Å². The Morgan fingerprint density at radius 3 is 1.98 bits per heavy atom. The standard InChI is InChI=1S/C44H30ClF6N3O6/c45-32-19-36(22-52-21-32)60-40-13-10-33(20-37(40)42(56)57)53-41(55)39-15-29-14-34(58-24-27-4-2-1-3-5-27)11-12-38(29)54(39)23-26-6-8-28(9-7-26)25-59-35-17-30(43(46,47)48)16-31(18-35)44(49,50)51/h1-22H,23-25H2,(H,53,55)(H,56,57). The highest BCUT2D eigenvalue weighted by Gasteiger charge is 2.37. The van der Waals surface area contributed by atoms with Gasteiger partial charge in [0.05, 0.1) is 22.3 Å². The van der Waals surface area contributed by atoms with Crippen LogP contribution in [0.3, 0.4) is 0 Å². The molecule has 0 aliphatic carbocycles. The van der Waals surface area contributed by atoms with Gasteiger partial charge in [0.25, 0.3) is 5.91 Å². The van der Waals surface area contributed by atoms with E-state index in [0.717, 1.165) is 5.56 Å². The van der Waals surface area contributed by atoms with Crippen LogP contribution in [0.5, 0.6) is 23.0 Å². The lowest BCUT2D eigenvalue weighted by Crippen LogP contribution is -2.18. The molecule has 1 amide bonds. The molecular weight excluding hydrogens is 816 g/mol. The predicted molar refractivity (Wildman–Crippen MR) is 210 cm³/mol. The molecule has 306 valence electrons. The Morgan fingerprint density at radius 2 is 1.33 bits per heavy atom. The Bertz CT molecular complexity index is 2650. The van der Waals surface area contributed by atoms with Crippen LogP contribution >= 0.6 is 11.6 Å². The summed E-state index contributed by atoms with van der Waals surface area (Å²) in [7, 11) is 0. The van der Waals surface area contributed by atoms with E-state index in [9.17, 15) is 41.0 Å². The van der Waals surface area contributed by atoms with Gasteiger partial charge in [-0.2, -0.15) is 26.3 Å². The SMILES string of the molecule is O=C(O)c1cc(NC(=O)c2cc3cc(OCc4ccccc4)ccc3n2Cc2ccc(COc3cc(C(F)(F)F)cc(C(F)(F)F)c3)cc2)ccc1Oc1cncc(Cl)c1. The summed E-state index contributed by atoms with van der Waals surface area (Å²) in [5.41, 5.74) is -0.137. The lowest BCUT2D eigenvalue weighted by molar-refractivity contribution is -0.143. The lowest BCUT2D eigenvalue weighted by atomic mass is 10.1. The van der Waals surface area contributed by atoms with Gasteiger partial charge in [0.1, 0.15) is 47.5 Å². The summed E-state index contributed by atoms with van der Waals surface area (Å²) in [6.07, 6.45) is -7.29. The minimum Gasteiger partial charge on any atom is -0.489 e. The second-order valence-electron chi connectivity index (χ2n) is 13.4. The molecule has 0 unspecified atom stereocenters. The quantitative estimate of drug-likeness (QED) is 0.111. The molecule has 0 fully saturated rings. The number of amides is 1. The first-order valence-corrected chi connectivity index (χ1v) is 18.2. The molecule has 5 aromatic carbocycles. The van der Waals surface area contributed by atoms with Gasteiger partial charge < -0.3 is 29.2 Å². The van der Waals surface area contributed by atoms with E-state index in [1.807, 2.05) is 30.3 Å². The van der Waals surface area contributed by atoms with Gasteiger partial charge in [-0.15, -0.1) is 0 Å². The summed E-state index contributed by atoms with van der Waals surface area (Å²) >= 11 is 5.99. The molecule has 7 rings (SSSR count). The number of nitrogens with zero attached hydrogens (tertiary/aromatic N) is 2. The molecule has 0 saturated heterocycles. The van der Waals surface area contributed by atoms with Crippen LogP contribution < -0.4 is 19.5 Å². The monoisotopic (exact) mass is 845 g/mol. The maximum Gasteiger partial charge on any atom is 0.416 e. The van der Waals surface area contributed by atoms with Gasteiger partial charge in [-0.3, -0.25) is 9.78 Å². The second kappa shape index (κ2) is 17.1. The Balaban J connectivity index is 1.14. The van der Waals surface area contributed by atoms with Gasteiger partial charge in [0.2, 0.25) is 0 Å². The number of nitrogens with one attached hydrogen (secondary N) is 1. The van der Waals surface area contributed by atoms with Crippen LogP contribution in [0.4, 0.5) is 32.0 Å². The largest absolute Gasteiger partial charge is 0.489 e. The number of carboxylic acid groups (broad SMARTS) is 1. The summed E-state index contributed by atoms with van der Waals surface area (Å²) in [5, 5.41) is 13.7. The molecule has 16 heteroatoms. The Kier molecular flexibility index (Phi) is 11.7. The number of aromatic nitrogens is 2. The number of rotatable bonds is 13. The smallest absolute Gasteiger partial charge is 0.416 e. The van der Waals surface area contributed by atoms with Crippen molar-refractivity contribution in [2.75, 3.05) is 5.32 Å². The van der Waals surface area contributed by atoms with Crippen LogP contribution in [0.25, 0.3) is 10.9 Å². The average Bonchev–Trinajstić information content (AvgIpc) is 3.57. The molecule has 0 aliphatic rings. The molecule has 0 radical (unpaired) electrons. The van der Waals surface area contributed by atoms with Crippen molar-refractivity contribution in [3.63, 3.8) is 0 Å². The van der Waals surface area contributed by atoms with E-state index in [1.54, 1.807) is 53.1 Å². The van der Waals surface area contributed by atoms with Crippen LogP contribution in [0.15, 0.2) is 134 Å². The molecule has 2 aromatic heterocycles. The number of ether oxygens (including phenoxy) is 3. The van der Waals surface area contributed by atoms with E-state index < -0.39 is 41.1 Å². The molecule has 0 atom stereocenters. The molecule has 7 aromatic rings. The second-order valence-corrected chi connectivity index (χ2v) is 13.8. The number of carbonyl (C=O) groups is 2. The zero-order valence-corrected chi connectivity index (χ0v) is 31.6. The number of benzene rings is 5. The number of carbonyl (C=O) groups excluding carboxylic acids is 1. The van der Waals surface area contributed by atoms with Gasteiger partial charge >= 0.3 is 18.3 Å². The molecule has 2 heterocycles. The van der Waals surface area contributed by atoms with Gasteiger partial charge in [0.15, 0.2) is 0 Å². The van der Waals surface area contributed by atoms with E-state index in [-0.39, 0.29) is 52.7 Å². The van der Waals surface area contributed by atoms with Crippen molar-refractivity contribution in [1.29, 1.82) is 0 Å². The molecular formula is C44H30ClF6N3O6. The third kappa shape index (κ3) is 9.99. The van der Waals surface area contributed by atoms with Crippen molar-refractivity contribution in [2.24, 2.45) is 0 Å². The van der Waals surface area contributed by atoms with Crippen molar-refractivity contribution in [1.82, 2.24) is 9.55 Å². The van der Waals surface area contributed by atoms with Gasteiger partial charge in [-0.05, 0) is 77.4 Å². The first-order valence-electron chi connectivity index (χ1n) is 17.9. The van der Waals surface area contributed by atoms with Crippen LogP contribution in [0.1, 0.15) is 48.7 Å². The fourth-order valence-electron chi connectivity index (χ4n) is 6.17. The van der Waals surface area contributed by atoms with Gasteiger partial charge in [-0.1, -0.05) is 66.2 Å². The highest BCUT2D eigenvalue weighted by atomic mass is 35.5. The third-order valence-corrected chi connectivity index (χ3v) is 9.27. The number of alkyl halides is 6. The zero-order chi connectivity index (χ0) is 42.6. The maximum absolute atomic E-state index is 14.0. The highest BCUT2D eigenvalue weighted by Crippen LogP contribution is 2.38. The Labute approximate surface area is 342 Å². The molecule has 0 spiro atoms. The van der Waals surface area contributed by atoms with Crippen LogP contribution in [-0.4, -0.2) is 26.5 Å². The normalized spacial score (nSPS) is 11.7. The fraction of sp³-hybridized carbons (Fsp3) is 0.114. The van der Waals surface area contributed by atoms with Crippen molar-refractivity contribution in [2.45, 2.75) is 32.1 Å². The zero-order valence-electron chi connectivity index (χ0n) is 30.9. The summed E-state index contributed by atoms with van der Waals surface area (Å²) < 4.78 is 99.0. The van der Waals surface area contributed by atoms with Gasteiger partial charge in [-0.25, -0.2) is 4.79 Å². The predicted octanol–water partition coefficient (Wildman–Crippen LogP) is 11.7. The van der Waals surface area contributed by atoms with E-state index in [1.165, 1.54) is 36.7 Å². The van der Waals surface area contributed by atoms with E-state index >= 15 is 0 Å². The number of aromatic carboxylic acids is 1. The number of fused-ring (bicyclic) bond motifs is 1. The molecule has 9 nitrogen and oxygen atoms in total. The minimum atomic E-state index is -5.02. The average molecular weight is 846 g/mol. The van der Waals surface area contributed by atoms with E-state index in [4.69, 9.17) is 25.8 Å². The molecule has 0 bridgehead atoms. The van der Waals surface area contributed by atoms with Crippen molar-refractivity contribution < 1.29 is 55.2 Å². The number of hydrogen-bond donors (Lipinski definition) is 2. The summed E-state index contributed by atoms with van der Waals surface area (Å²) in [6.45, 7) is 0.108. The minimum absolute atomic E-state index is 0.0172. The van der Waals surface area contributed by atoms with Crippen molar-refractivity contribution >= 4 is 40.1 Å². The summed E-state index contributed by atoms with van der Waals surface area (Å²) in [4.78, 5) is 30.2. The van der Waals surface area contributed by atoms with Crippen LogP contribution in [0, 0.1) is 0 Å². The highest BCUT2D eigenvalue weighted by molar-refractivity contribution is 6.30. The first-order chi connectivity index (χ1) is 28.6. The number of carboxylic acids is 1. The Hall–Kier alpha value is -7.00. The van der Waals surface area contributed by atoms with Gasteiger partial charge in [0, 0.05) is 35.4 Å². The molecule has 2 N–H and O–H groups in total. The van der Waals surface area contributed by atoms with Crippen molar-refractivity contribution in [3.8, 4) is 23.0 Å². The fourth-order valence-corrected chi connectivity index (χ4v) is 6.34. The topological polar surface area (TPSA) is 112 Å². The number of halogens is 7. The summed E-state index contributed by atoms with van der Waals surface area (Å²) in [5.74, 6) is -1.77. The van der Waals surface area contributed by atoms with Crippen molar-refractivity contribution in [3.05, 3.63) is 178 Å². The third-order valence-electron chi connectivity index (χ3n) is 9.06. The maximum atomic E-state index is 14.0. The van der Waals surface area contributed by atoms with E-state index in [2.05, 4.69) is 10.3 Å².